The predicted octanol–water partition coefficient (Wildman–Crippen LogP) is 3.44. The van der Waals surface area contributed by atoms with E-state index in [9.17, 15) is 5.21 Å². The molecule has 3 nitrogen and oxygen atoms in total. The Labute approximate surface area is 122 Å². The summed E-state index contributed by atoms with van der Waals surface area (Å²) >= 11 is 1.76. The van der Waals surface area contributed by atoms with Gasteiger partial charge in [0, 0.05) is 35.6 Å². The first-order chi connectivity index (χ1) is 9.83. The van der Waals surface area contributed by atoms with Crippen LogP contribution in [-0.4, -0.2) is 28.3 Å². The molecule has 2 aromatic rings. The topological polar surface area (TPSA) is 38.4 Å². The smallest absolute Gasteiger partial charge is 0.216 e. The fraction of sp³-hybridized carbons (Fsp3) is 0.125. The summed E-state index contributed by atoms with van der Waals surface area (Å²) in [5.41, 5.74) is 2.60. The molecule has 0 bridgehead atoms. The zero-order chi connectivity index (χ0) is 13.8. The van der Waals surface area contributed by atoms with Crippen LogP contribution in [0.15, 0.2) is 59.6 Å². The summed E-state index contributed by atoms with van der Waals surface area (Å²) in [6, 6.07) is 17.2. The van der Waals surface area contributed by atoms with Gasteiger partial charge in [-0.15, -0.1) is 11.8 Å². The molecule has 0 fully saturated rings. The summed E-state index contributed by atoms with van der Waals surface area (Å²) in [5, 5.41) is 13.1. The molecular formula is C16H14N2OS. The number of nitrogens with zero attached hydrogens (tertiary/aromatic N) is 2. The van der Waals surface area contributed by atoms with Crippen molar-refractivity contribution in [1.82, 2.24) is 0 Å². The van der Waals surface area contributed by atoms with Crippen molar-refractivity contribution in [3.05, 3.63) is 70.9 Å². The first kappa shape index (κ1) is 12.9. The van der Waals surface area contributed by atoms with Crippen molar-refractivity contribution in [3.63, 3.8) is 0 Å². The summed E-state index contributed by atoms with van der Waals surface area (Å²) in [6.45, 7) is 0.886. The SMILES string of the molecule is [O-][N+](=Cc1ccccc1)c1ccc(C2=NCCS2)cc1. The zero-order valence-electron chi connectivity index (χ0n) is 10.9. The number of hydrogen-bond acceptors (Lipinski definition) is 3. The van der Waals surface area contributed by atoms with Crippen LogP contribution in [0.3, 0.4) is 0 Å². The lowest BCUT2D eigenvalue weighted by molar-refractivity contribution is -0.354. The molecule has 0 saturated carbocycles. The van der Waals surface area contributed by atoms with E-state index in [0.29, 0.717) is 5.69 Å². The van der Waals surface area contributed by atoms with E-state index in [1.807, 2.05) is 54.6 Å². The van der Waals surface area contributed by atoms with Crippen molar-refractivity contribution < 1.29 is 4.74 Å². The highest BCUT2D eigenvalue weighted by molar-refractivity contribution is 8.14. The van der Waals surface area contributed by atoms with Gasteiger partial charge in [-0.05, 0) is 24.3 Å². The van der Waals surface area contributed by atoms with Crippen LogP contribution >= 0.6 is 11.8 Å². The molecule has 0 saturated heterocycles. The molecule has 100 valence electrons. The van der Waals surface area contributed by atoms with E-state index in [1.54, 1.807) is 18.0 Å². The van der Waals surface area contributed by atoms with Gasteiger partial charge in [0.05, 0.1) is 5.04 Å². The molecule has 0 atom stereocenters. The van der Waals surface area contributed by atoms with Crippen LogP contribution in [0.25, 0.3) is 0 Å². The summed E-state index contributed by atoms with van der Waals surface area (Å²) in [5.74, 6) is 1.05. The molecule has 0 N–H and O–H groups in total. The maximum atomic E-state index is 12.1. The fourth-order valence-corrected chi connectivity index (χ4v) is 2.87. The van der Waals surface area contributed by atoms with Crippen LogP contribution in [0.4, 0.5) is 5.69 Å². The van der Waals surface area contributed by atoms with Crippen LogP contribution < -0.4 is 0 Å². The van der Waals surface area contributed by atoms with Gasteiger partial charge in [-0.2, -0.15) is 4.74 Å². The highest BCUT2D eigenvalue weighted by atomic mass is 32.2. The number of aliphatic imine (C=N–C) groups is 1. The molecule has 20 heavy (non-hydrogen) atoms. The Bertz CT molecular complexity index is 648. The van der Waals surface area contributed by atoms with Gasteiger partial charge in [0.2, 0.25) is 5.69 Å². The molecule has 2 aromatic carbocycles. The van der Waals surface area contributed by atoms with Crippen LogP contribution in [0.2, 0.25) is 0 Å². The second kappa shape index (κ2) is 5.92. The van der Waals surface area contributed by atoms with Gasteiger partial charge in [0.15, 0.2) is 6.21 Å². The molecule has 0 radical (unpaired) electrons. The minimum Gasteiger partial charge on any atom is -0.618 e. The number of hydrogen-bond donors (Lipinski definition) is 0. The quantitative estimate of drug-likeness (QED) is 0.374. The Balaban J connectivity index is 1.82. The van der Waals surface area contributed by atoms with E-state index in [1.165, 1.54) is 0 Å². The molecular weight excluding hydrogens is 268 g/mol. The van der Waals surface area contributed by atoms with E-state index >= 15 is 0 Å². The lowest BCUT2D eigenvalue weighted by Crippen LogP contribution is -1.99. The molecule has 1 aliphatic rings. The van der Waals surface area contributed by atoms with Crippen molar-refractivity contribution in [1.29, 1.82) is 0 Å². The molecule has 0 aliphatic carbocycles. The van der Waals surface area contributed by atoms with Gasteiger partial charge in [-0.1, -0.05) is 18.2 Å². The first-order valence-corrected chi connectivity index (χ1v) is 7.45. The number of rotatable bonds is 3. The summed E-state index contributed by atoms with van der Waals surface area (Å²) in [7, 11) is 0. The zero-order valence-corrected chi connectivity index (χ0v) is 11.7. The van der Waals surface area contributed by atoms with Gasteiger partial charge >= 0.3 is 0 Å². The van der Waals surface area contributed by atoms with E-state index in [4.69, 9.17) is 0 Å². The molecule has 0 aromatic heterocycles. The molecule has 0 spiro atoms. The second-order valence-corrected chi connectivity index (χ2v) is 5.53. The summed E-state index contributed by atoms with van der Waals surface area (Å²) in [4.78, 5) is 4.43. The second-order valence-electron chi connectivity index (χ2n) is 4.45. The fourth-order valence-electron chi connectivity index (χ4n) is 2.01. The van der Waals surface area contributed by atoms with Crippen LogP contribution in [0.1, 0.15) is 11.1 Å². The van der Waals surface area contributed by atoms with Gasteiger partial charge in [-0.3, -0.25) is 4.99 Å². The summed E-state index contributed by atoms with van der Waals surface area (Å²) < 4.78 is 0.892. The Morgan fingerprint density at radius 1 is 1.05 bits per heavy atom. The van der Waals surface area contributed by atoms with E-state index in [-0.39, 0.29) is 0 Å². The minimum absolute atomic E-state index is 0.626. The van der Waals surface area contributed by atoms with Gasteiger partial charge in [0.25, 0.3) is 0 Å². The van der Waals surface area contributed by atoms with E-state index in [2.05, 4.69) is 4.99 Å². The Hall–Kier alpha value is -2.07. The maximum absolute atomic E-state index is 12.1. The number of thioether (sulfide) groups is 1. The third-order valence-electron chi connectivity index (χ3n) is 3.02. The molecule has 1 heterocycles. The van der Waals surface area contributed by atoms with Crippen molar-refractivity contribution in [2.45, 2.75) is 0 Å². The molecule has 0 unspecified atom stereocenters. The monoisotopic (exact) mass is 282 g/mol. The van der Waals surface area contributed by atoms with Gasteiger partial charge in [0.1, 0.15) is 0 Å². The first-order valence-electron chi connectivity index (χ1n) is 6.47. The molecule has 0 amide bonds. The molecule has 4 heteroatoms. The normalized spacial score (nSPS) is 15.2. The van der Waals surface area contributed by atoms with Crippen LogP contribution in [0.5, 0.6) is 0 Å². The lowest BCUT2D eigenvalue weighted by Gasteiger charge is -2.04. The third kappa shape index (κ3) is 2.91. The maximum Gasteiger partial charge on any atom is 0.216 e. The number of benzene rings is 2. The highest BCUT2D eigenvalue weighted by Crippen LogP contribution is 2.21. The summed E-state index contributed by atoms with van der Waals surface area (Å²) in [6.07, 6.45) is 1.58. The highest BCUT2D eigenvalue weighted by Gasteiger charge is 2.10. The van der Waals surface area contributed by atoms with Crippen LogP contribution in [-0.2, 0) is 0 Å². The molecule has 1 aliphatic heterocycles. The van der Waals surface area contributed by atoms with Crippen molar-refractivity contribution in [3.8, 4) is 0 Å². The van der Waals surface area contributed by atoms with E-state index < -0.39 is 0 Å². The third-order valence-corrected chi connectivity index (χ3v) is 4.05. The average molecular weight is 282 g/mol. The Morgan fingerprint density at radius 2 is 1.80 bits per heavy atom. The van der Waals surface area contributed by atoms with Gasteiger partial charge in [-0.25, -0.2) is 0 Å². The predicted molar refractivity (Wildman–Crippen MR) is 85.2 cm³/mol. The van der Waals surface area contributed by atoms with Crippen LogP contribution in [0, 0.1) is 5.21 Å². The van der Waals surface area contributed by atoms with Crippen molar-refractivity contribution in [2.24, 2.45) is 4.99 Å². The Kier molecular flexibility index (Phi) is 3.83. The molecule has 3 rings (SSSR count). The standard InChI is InChI=1S/C16H14N2OS/c19-18(12-13-4-2-1-3-5-13)15-8-6-14(7-9-15)16-17-10-11-20-16/h1-9,12H,10-11H2. The minimum atomic E-state index is 0.626. The Morgan fingerprint density at radius 3 is 2.45 bits per heavy atom. The lowest BCUT2D eigenvalue weighted by atomic mass is 10.2. The van der Waals surface area contributed by atoms with E-state index in [0.717, 1.165) is 33.2 Å². The van der Waals surface area contributed by atoms with Crippen molar-refractivity contribution >= 4 is 28.7 Å². The largest absolute Gasteiger partial charge is 0.618 e. The van der Waals surface area contributed by atoms with Gasteiger partial charge < -0.3 is 5.21 Å². The van der Waals surface area contributed by atoms with Crippen molar-refractivity contribution in [2.75, 3.05) is 12.3 Å². The average Bonchev–Trinajstić information content (AvgIpc) is 3.03.